The van der Waals surface area contributed by atoms with E-state index in [1.54, 1.807) is 4.90 Å². The SMILES string of the molecule is Cn1c(-c2ccc(OC(F)F)c(F)c2F)cnc1C(=O)Nc1ccc(C(=O)N2CCN(C(=O)C3CC[N+](C)(CC4CCNC4)CC3)CC2)c(Cl)c1. The molecule has 3 aromatic rings. The van der Waals surface area contributed by atoms with Gasteiger partial charge in [-0.25, -0.2) is 9.37 Å². The van der Waals surface area contributed by atoms with Crippen LogP contribution >= 0.6 is 11.6 Å². The minimum absolute atomic E-state index is 0.00871. The highest BCUT2D eigenvalue weighted by Crippen LogP contribution is 2.32. The third-order valence-corrected chi connectivity index (χ3v) is 10.6. The molecule has 3 aliphatic heterocycles. The second-order valence-corrected chi connectivity index (χ2v) is 14.2. The van der Waals surface area contributed by atoms with E-state index in [0.717, 1.165) is 68.4 Å². The molecule has 2 N–H and O–H groups in total. The highest BCUT2D eigenvalue weighted by Gasteiger charge is 2.38. The van der Waals surface area contributed by atoms with Gasteiger partial charge in [0.2, 0.25) is 11.7 Å². The molecule has 4 heterocycles. The number of anilines is 1. The Labute approximate surface area is 298 Å². The molecule has 0 saturated carbocycles. The largest absolute Gasteiger partial charge is 0.432 e. The van der Waals surface area contributed by atoms with Gasteiger partial charge in [0.1, 0.15) is 0 Å². The van der Waals surface area contributed by atoms with E-state index in [-0.39, 0.29) is 51.1 Å². The number of imidazole rings is 1. The maximum absolute atomic E-state index is 14.7. The number of aromatic nitrogens is 2. The molecule has 3 fully saturated rings. The standard InChI is InChI=1S/C35H40ClF4N7O4/c1-44-27(25-5-6-28(51-35(39)40)30(38)29(25)37)19-42-31(44)32(48)43-23-3-4-24(26(36)17-23)34(50)46-13-11-45(12-14-46)33(49)22-8-15-47(2,16-9-22)20-21-7-10-41-18-21/h3-6,17,19,21-22,35,41H,7-16,18,20H2,1-2H3/p+1. The van der Waals surface area contributed by atoms with Crippen molar-refractivity contribution in [3.05, 3.63) is 64.6 Å². The number of benzene rings is 2. The van der Waals surface area contributed by atoms with Crippen LogP contribution in [0.2, 0.25) is 5.02 Å². The number of likely N-dealkylation sites (tertiary alicyclic amines) is 1. The summed E-state index contributed by atoms with van der Waals surface area (Å²) >= 11 is 6.50. The third-order valence-electron chi connectivity index (χ3n) is 10.3. The lowest BCUT2D eigenvalue weighted by Crippen LogP contribution is -2.56. The van der Waals surface area contributed by atoms with Crippen molar-refractivity contribution in [2.24, 2.45) is 18.9 Å². The van der Waals surface area contributed by atoms with E-state index in [1.807, 2.05) is 4.90 Å². The number of ether oxygens (including phenoxy) is 1. The number of carbonyl (C=O) groups is 3. The second kappa shape index (κ2) is 15.2. The molecule has 3 amide bonds. The Kier molecular flexibility index (Phi) is 10.9. The average Bonchev–Trinajstić information content (AvgIpc) is 3.76. The molecule has 1 atom stereocenters. The molecule has 51 heavy (non-hydrogen) atoms. The summed E-state index contributed by atoms with van der Waals surface area (Å²) in [6.45, 7) is 3.65. The molecule has 6 rings (SSSR count). The summed E-state index contributed by atoms with van der Waals surface area (Å²) in [5.74, 6) is -4.26. The van der Waals surface area contributed by atoms with Gasteiger partial charge in [0.05, 0.1) is 49.2 Å². The number of hydrogen-bond acceptors (Lipinski definition) is 6. The van der Waals surface area contributed by atoms with Crippen LogP contribution in [0.25, 0.3) is 11.3 Å². The number of piperidine rings is 1. The summed E-state index contributed by atoms with van der Waals surface area (Å²) in [5.41, 5.74) is 0.194. The Balaban J connectivity index is 1.02. The van der Waals surface area contributed by atoms with Crippen molar-refractivity contribution in [2.75, 3.05) is 71.3 Å². The summed E-state index contributed by atoms with van der Waals surface area (Å²) in [4.78, 5) is 47.4. The van der Waals surface area contributed by atoms with Crippen LogP contribution in [0.4, 0.5) is 23.2 Å². The summed E-state index contributed by atoms with van der Waals surface area (Å²) in [5, 5.41) is 6.18. The van der Waals surface area contributed by atoms with Crippen LogP contribution in [0.5, 0.6) is 5.75 Å². The Hall–Kier alpha value is -4.21. The maximum Gasteiger partial charge on any atom is 0.387 e. The number of rotatable bonds is 9. The number of alkyl halides is 2. The zero-order valence-corrected chi connectivity index (χ0v) is 29.2. The van der Waals surface area contributed by atoms with Crippen LogP contribution in [-0.2, 0) is 11.8 Å². The van der Waals surface area contributed by atoms with Crippen molar-refractivity contribution < 1.29 is 41.2 Å². The van der Waals surface area contributed by atoms with Crippen molar-refractivity contribution in [3.63, 3.8) is 0 Å². The number of halogens is 5. The molecule has 11 nitrogen and oxygen atoms in total. The molecule has 274 valence electrons. The number of nitrogens with zero attached hydrogens (tertiary/aromatic N) is 5. The summed E-state index contributed by atoms with van der Waals surface area (Å²) < 4.78 is 60.3. The van der Waals surface area contributed by atoms with E-state index in [9.17, 15) is 31.9 Å². The first-order valence-corrected chi connectivity index (χ1v) is 17.4. The highest BCUT2D eigenvalue weighted by molar-refractivity contribution is 6.34. The quantitative estimate of drug-likeness (QED) is 0.246. The molecule has 16 heteroatoms. The molecule has 0 spiro atoms. The highest BCUT2D eigenvalue weighted by atomic mass is 35.5. The van der Waals surface area contributed by atoms with Crippen LogP contribution in [-0.4, -0.2) is 114 Å². The summed E-state index contributed by atoms with van der Waals surface area (Å²) in [6, 6.07) is 6.34. The van der Waals surface area contributed by atoms with E-state index < -0.39 is 29.9 Å². The van der Waals surface area contributed by atoms with E-state index in [2.05, 4.69) is 27.4 Å². The van der Waals surface area contributed by atoms with Gasteiger partial charge in [-0.3, -0.25) is 14.4 Å². The van der Waals surface area contributed by atoms with Gasteiger partial charge in [0.25, 0.3) is 11.8 Å². The average molecular weight is 735 g/mol. The fourth-order valence-corrected chi connectivity index (χ4v) is 7.67. The van der Waals surface area contributed by atoms with Gasteiger partial charge in [0.15, 0.2) is 17.4 Å². The van der Waals surface area contributed by atoms with E-state index in [4.69, 9.17) is 11.6 Å². The van der Waals surface area contributed by atoms with Crippen LogP contribution in [0.15, 0.2) is 36.5 Å². The number of nitrogens with one attached hydrogen (secondary N) is 2. The first-order chi connectivity index (χ1) is 24.3. The maximum atomic E-state index is 14.7. The second-order valence-electron chi connectivity index (χ2n) is 13.8. The normalized spacial score (nSPS) is 22.4. The molecule has 1 aromatic heterocycles. The van der Waals surface area contributed by atoms with E-state index in [0.29, 0.717) is 32.1 Å². The Bertz CT molecular complexity index is 1790. The Morgan fingerprint density at radius 3 is 2.39 bits per heavy atom. The smallest absolute Gasteiger partial charge is 0.387 e. The van der Waals surface area contributed by atoms with Crippen molar-refractivity contribution in [1.29, 1.82) is 0 Å². The molecule has 3 saturated heterocycles. The molecule has 3 aliphatic rings. The first-order valence-electron chi connectivity index (χ1n) is 17.0. The summed E-state index contributed by atoms with van der Waals surface area (Å²) in [6.07, 6.45) is 4.12. The molecule has 0 aliphatic carbocycles. The fraction of sp³-hybridized carbons (Fsp3) is 0.486. The summed E-state index contributed by atoms with van der Waals surface area (Å²) in [7, 11) is 3.71. The lowest BCUT2D eigenvalue weighted by molar-refractivity contribution is -0.917. The van der Waals surface area contributed by atoms with Crippen molar-refractivity contribution in [2.45, 2.75) is 25.9 Å². The van der Waals surface area contributed by atoms with Gasteiger partial charge in [-0.2, -0.15) is 13.2 Å². The zero-order chi connectivity index (χ0) is 36.4. The molecular formula is C35H41ClF4N7O4+. The van der Waals surface area contributed by atoms with E-state index in [1.165, 1.54) is 36.2 Å². The number of carbonyl (C=O) groups excluding carboxylic acids is 3. The van der Waals surface area contributed by atoms with Gasteiger partial charge >= 0.3 is 6.61 Å². The van der Waals surface area contributed by atoms with Crippen LogP contribution < -0.4 is 15.4 Å². The van der Waals surface area contributed by atoms with Crippen molar-refractivity contribution >= 4 is 35.0 Å². The van der Waals surface area contributed by atoms with E-state index >= 15 is 0 Å². The Morgan fingerprint density at radius 2 is 1.75 bits per heavy atom. The van der Waals surface area contributed by atoms with Gasteiger partial charge in [-0.15, -0.1) is 0 Å². The predicted octanol–water partition coefficient (Wildman–Crippen LogP) is 4.62. The lowest BCUT2D eigenvalue weighted by Gasteiger charge is -2.43. The number of amides is 3. The predicted molar refractivity (Wildman–Crippen MR) is 182 cm³/mol. The van der Waals surface area contributed by atoms with Gasteiger partial charge < -0.3 is 34.2 Å². The Morgan fingerprint density at radius 1 is 1.04 bits per heavy atom. The van der Waals surface area contributed by atoms with Crippen molar-refractivity contribution in [1.82, 2.24) is 24.7 Å². The van der Waals surface area contributed by atoms with Crippen LogP contribution in [0.3, 0.4) is 0 Å². The minimum Gasteiger partial charge on any atom is -0.432 e. The molecule has 1 unspecified atom stereocenters. The third kappa shape index (κ3) is 8.00. The topological polar surface area (TPSA) is 109 Å². The van der Waals surface area contributed by atoms with Crippen LogP contribution in [0.1, 0.15) is 40.2 Å². The first kappa shape index (κ1) is 36.6. The van der Waals surface area contributed by atoms with Gasteiger partial charge in [0, 0.05) is 75.7 Å². The minimum atomic E-state index is -3.34. The molecule has 0 bridgehead atoms. The van der Waals surface area contributed by atoms with Gasteiger partial charge in [-0.05, 0) is 43.3 Å². The number of piperazine rings is 1. The zero-order valence-electron chi connectivity index (χ0n) is 28.4. The number of quaternary nitrogens is 1. The van der Waals surface area contributed by atoms with Crippen LogP contribution in [0, 0.1) is 23.5 Å². The molecular weight excluding hydrogens is 694 g/mol. The number of hydrogen-bond donors (Lipinski definition) is 2. The van der Waals surface area contributed by atoms with Gasteiger partial charge in [-0.1, -0.05) is 11.6 Å². The fourth-order valence-electron chi connectivity index (χ4n) is 7.41. The molecule has 0 radical (unpaired) electrons. The monoisotopic (exact) mass is 734 g/mol. The lowest BCUT2D eigenvalue weighted by atomic mass is 9.92. The van der Waals surface area contributed by atoms with Crippen molar-refractivity contribution in [3.8, 4) is 17.0 Å². The molecule has 2 aromatic carbocycles.